The number of benzene rings is 3. The highest BCUT2D eigenvalue weighted by Crippen LogP contribution is 2.55. The smallest absolute Gasteiger partial charge is 0.112 e. The molecule has 0 aromatic heterocycles. The van der Waals surface area contributed by atoms with Crippen LogP contribution < -0.4 is 15.9 Å². The molecule has 0 saturated heterocycles. The fraction of sp³-hybridized carbons (Fsp3) is 0.438. The Morgan fingerprint density at radius 2 is 0.706 bits per heavy atom. The minimum Gasteiger partial charge on any atom is -0.147 e. The van der Waals surface area contributed by atoms with Gasteiger partial charge in [0.1, 0.15) is 23.2 Å². The standard InChI is InChI=1S/C32H44P.ClH/c1-2-3-4-5-6-7-8-9-10-11-12-22-29-33(30-23-16-13-17-24-30,31-25-18-14-19-26-31)32-27-20-15-21-28-32;/h13-21,23-28H,2-12,22,29H2,1H3;1H/q+1;. The molecule has 0 amide bonds. The van der Waals surface area contributed by atoms with E-state index in [0.29, 0.717) is 0 Å². The van der Waals surface area contributed by atoms with Gasteiger partial charge in [0.2, 0.25) is 0 Å². The van der Waals surface area contributed by atoms with Crippen LogP contribution in [0.25, 0.3) is 0 Å². The van der Waals surface area contributed by atoms with E-state index in [1.54, 1.807) is 0 Å². The summed E-state index contributed by atoms with van der Waals surface area (Å²) in [6.45, 7) is 2.30. The molecular weight excluding hydrogens is 451 g/mol. The van der Waals surface area contributed by atoms with Crippen molar-refractivity contribution in [3.63, 3.8) is 0 Å². The van der Waals surface area contributed by atoms with Crippen LogP contribution >= 0.6 is 19.7 Å². The summed E-state index contributed by atoms with van der Waals surface area (Å²) in [7, 11) is -1.63. The molecule has 0 fully saturated rings. The van der Waals surface area contributed by atoms with Gasteiger partial charge in [0, 0.05) is 0 Å². The minimum atomic E-state index is -1.63. The van der Waals surface area contributed by atoms with Crippen molar-refractivity contribution in [1.29, 1.82) is 0 Å². The van der Waals surface area contributed by atoms with Crippen molar-refractivity contribution in [3.8, 4) is 0 Å². The maximum absolute atomic E-state index is 2.37. The summed E-state index contributed by atoms with van der Waals surface area (Å²) >= 11 is 0. The normalized spacial score (nSPS) is 11.2. The molecule has 34 heavy (non-hydrogen) atoms. The van der Waals surface area contributed by atoms with Crippen LogP contribution in [0.15, 0.2) is 91.0 Å². The zero-order valence-electron chi connectivity index (χ0n) is 21.2. The first-order valence-corrected chi connectivity index (χ1v) is 15.4. The van der Waals surface area contributed by atoms with E-state index in [1.807, 2.05) is 0 Å². The molecule has 0 atom stereocenters. The molecule has 3 aromatic carbocycles. The van der Waals surface area contributed by atoms with Crippen molar-refractivity contribution < 1.29 is 0 Å². The van der Waals surface area contributed by atoms with Crippen LogP contribution in [0.4, 0.5) is 0 Å². The first-order chi connectivity index (χ1) is 16.4. The van der Waals surface area contributed by atoms with Gasteiger partial charge >= 0.3 is 0 Å². The topological polar surface area (TPSA) is 0 Å². The van der Waals surface area contributed by atoms with Crippen LogP contribution in [0, 0.1) is 0 Å². The second-order valence-corrected chi connectivity index (χ2v) is 13.0. The van der Waals surface area contributed by atoms with Crippen LogP contribution in [0.5, 0.6) is 0 Å². The lowest BCUT2D eigenvalue weighted by molar-refractivity contribution is 0.548. The highest BCUT2D eigenvalue weighted by Gasteiger charge is 2.44. The maximum Gasteiger partial charge on any atom is 0.112 e. The second kappa shape index (κ2) is 16.9. The van der Waals surface area contributed by atoms with Crippen LogP contribution in [-0.2, 0) is 0 Å². The molecule has 0 unspecified atom stereocenters. The third-order valence-electron chi connectivity index (χ3n) is 6.94. The first kappa shape index (κ1) is 28.6. The number of rotatable bonds is 16. The van der Waals surface area contributed by atoms with Gasteiger partial charge < -0.3 is 0 Å². The highest BCUT2D eigenvalue weighted by atomic mass is 35.5. The van der Waals surface area contributed by atoms with Gasteiger partial charge in [0.05, 0.1) is 6.16 Å². The van der Waals surface area contributed by atoms with Gasteiger partial charge in [-0.25, -0.2) is 0 Å². The second-order valence-electron chi connectivity index (χ2n) is 9.43. The zero-order valence-corrected chi connectivity index (χ0v) is 22.9. The Bertz CT molecular complexity index is 767. The van der Waals surface area contributed by atoms with Gasteiger partial charge in [-0.3, -0.25) is 0 Å². The molecule has 0 nitrogen and oxygen atoms in total. The van der Waals surface area contributed by atoms with E-state index in [-0.39, 0.29) is 12.4 Å². The summed E-state index contributed by atoms with van der Waals surface area (Å²) in [5, 5.41) is 4.56. The molecule has 0 radical (unpaired) electrons. The molecule has 2 heteroatoms. The number of hydrogen-bond acceptors (Lipinski definition) is 0. The SMILES string of the molecule is CCCCCCCCCCCCCC[P+](c1ccccc1)(c1ccccc1)c1ccccc1.Cl. The van der Waals surface area contributed by atoms with E-state index >= 15 is 0 Å². The number of unbranched alkanes of at least 4 members (excludes halogenated alkanes) is 11. The molecule has 0 aliphatic rings. The number of hydrogen-bond donors (Lipinski definition) is 0. The molecule has 0 aliphatic carbocycles. The van der Waals surface area contributed by atoms with E-state index in [9.17, 15) is 0 Å². The van der Waals surface area contributed by atoms with Gasteiger partial charge in [0.25, 0.3) is 0 Å². The van der Waals surface area contributed by atoms with Crippen LogP contribution in [0.2, 0.25) is 0 Å². The molecule has 0 aliphatic heterocycles. The summed E-state index contributed by atoms with van der Waals surface area (Å²) in [5.41, 5.74) is 0. The van der Waals surface area contributed by atoms with E-state index in [2.05, 4.69) is 97.9 Å². The van der Waals surface area contributed by atoms with Gasteiger partial charge in [-0.2, -0.15) is 0 Å². The highest BCUT2D eigenvalue weighted by molar-refractivity contribution is 7.95. The molecule has 0 N–H and O–H groups in total. The van der Waals surface area contributed by atoms with Crippen LogP contribution in [-0.4, -0.2) is 6.16 Å². The predicted molar refractivity (Wildman–Crippen MR) is 158 cm³/mol. The zero-order chi connectivity index (χ0) is 23.0. The fourth-order valence-corrected chi connectivity index (χ4v) is 9.48. The van der Waals surface area contributed by atoms with E-state index in [4.69, 9.17) is 0 Å². The third-order valence-corrected chi connectivity index (χ3v) is 11.5. The van der Waals surface area contributed by atoms with E-state index in [1.165, 1.54) is 99.1 Å². The van der Waals surface area contributed by atoms with E-state index in [0.717, 1.165) is 0 Å². The Hall–Kier alpha value is -1.62. The largest absolute Gasteiger partial charge is 0.147 e. The van der Waals surface area contributed by atoms with Crippen molar-refractivity contribution in [3.05, 3.63) is 91.0 Å². The van der Waals surface area contributed by atoms with Crippen molar-refractivity contribution in [1.82, 2.24) is 0 Å². The van der Waals surface area contributed by atoms with Crippen LogP contribution in [0.3, 0.4) is 0 Å². The lowest BCUT2D eigenvalue weighted by Gasteiger charge is -2.27. The summed E-state index contributed by atoms with van der Waals surface area (Å²) in [6, 6.07) is 34.0. The summed E-state index contributed by atoms with van der Waals surface area (Å²) in [5.74, 6) is 0. The van der Waals surface area contributed by atoms with Gasteiger partial charge in [-0.05, 0) is 49.2 Å². The van der Waals surface area contributed by atoms with E-state index < -0.39 is 7.26 Å². The predicted octanol–water partition coefficient (Wildman–Crippen LogP) is 9.10. The van der Waals surface area contributed by atoms with Gasteiger partial charge in [-0.1, -0.05) is 126 Å². The Labute approximate surface area is 216 Å². The van der Waals surface area contributed by atoms with Crippen molar-refractivity contribution in [2.45, 2.75) is 84.0 Å². The quantitative estimate of drug-likeness (QED) is 0.137. The fourth-order valence-electron chi connectivity index (χ4n) is 5.07. The Morgan fingerprint density at radius 3 is 1.03 bits per heavy atom. The maximum atomic E-state index is 2.37. The Kier molecular flexibility index (Phi) is 14.2. The summed E-state index contributed by atoms with van der Waals surface area (Å²) < 4.78 is 0. The first-order valence-electron chi connectivity index (χ1n) is 13.4. The van der Waals surface area contributed by atoms with Gasteiger partial charge in [0.15, 0.2) is 0 Å². The molecule has 3 aromatic rings. The third kappa shape index (κ3) is 8.55. The Morgan fingerprint density at radius 1 is 0.412 bits per heavy atom. The van der Waals surface area contributed by atoms with Crippen molar-refractivity contribution >= 4 is 35.6 Å². The minimum absolute atomic E-state index is 0. The molecular formula is C32H45ClP+. The monoisotopic (exact) mass is 495 g/mol. The molecule has 0 saturated carbocycles. The number of halogens is 1. The molecule has 3 rings (SSSR count). The molecule has 184 valence electrons. The van der Waals surface area contributed by atoms with Crippen LogP contribution in [0.1, 0.15) is 84.0 Å². The average Bonchev–Trinajstić information content (AvgIpc) is 2.89. The lowest BCUT2D eigenvalue weighted by atomic mass is 10.1. The van der Waals surface area contributed by atoms with Gasteiger partial charge in [-0.15, -0.1) is 12.4 Å². The molecule has 0 heterocycles. The molecule has 0 bridgehead atoms. The Balaban J connectivity index is 0.00000408. The van der Waals surface area contributed by atoms with Crippen molar-refractivity contribution in [2.24, 2.45) is 0 Å². The van der Waals surface area contributed by atoms with Crippen molar-refractivity contribution in [2.75, 3.05) is 6.16 Å². The molecule has 0 spiro atoms. The summed E-state index contributed by atoms with van der Waals surface area (Å²) in [6.07, 6.45) is 18.1. The lowest BCUT2D eigenvalue weighted by Crippen LogP contribution is -2.33. The average molecular weight is 496 g/mol. The summed E-state index contributed by atoms with van der Waals surface area (Å²) in [4.78, 5) is 0.